The van der Waals surface area contributed by atoms with Gasteiger partial charge in [-0.05, 0) is 30.8 Å². The first-order valence-electron chi connectivity index (χ1n) is 8.63. The predicted octanol–water partition coefficient (Wildman–Crippen LogP) is 4.05. The van der Waals surface area contributed by atoms with Crippen molar-refractivity contribution in [3.8, 4) is 10.7 Å². The zero-order chi connectivity index (χ0) is 17.2. The summed E-state index contributed by atoms with van der Waals surface area (Å²) in [4.78, 5) is 17.1. The number of aromatic nitrogens is 4. The molecular weight excluding hydrogens is 334 g/mol. The minimum atomic E-state index is 0.192. The molecule has 1 aliphatic heterocycles. The van der Waals surface area contributed by atoms with Crippen LogP contribution in [0.1, 0.15) is 55.9 Å². The number of thiophene rings is 1. The summed E-state index contributed by atoms with van der Waals surface area (Å²) in [5, 5.41) is 6.14. The van der Waals surface area contributed by atoms with Crippen LogP contribution in [-0.2, 0) is 6.54 Å². The Morgan fingerprint density at radius 2 is 2.16 bits per heavy atom. The molecule has 25 heavy (non-hydrogen) atoms. The quantitative estimate of drug-likeness (QED) is 0.688. The second kappa shape index (κ2) is 7.01. The molecule has 4 rings (SSSR count). The Kier molecular flexibility index (Phi) is 4.59. The third-order valence-electron chi connectivity index (χ3n) is 4.46. The first-order chi connectivity index (χ1) is 12.2. The average Bonchev–Trinajstić information content (AvgIpc) is 3.36. The highest BCUT2D eigenvalue weighted by Gasteiger charge is 2.31. The largest absolute Gasteiger partial charge is 0.338 e. The van der Waals surface area contributed by atoms with Gasteiger partial charge >= 0.3 is 0 Å². The Bertz CT molecular complexity index is 812. The normalized spacial score (nSPS) is 18.3. The Morgan fingerprint density at radius 1 is 1.32 bits per heavy atom. The zero-order valence-corrected chi connectivity index (χ0v) is 15.2. The van der Waals surface area contributed by atoms with Crippen LogP contribution >= 0.6 is 11.3 Å². The van der Waals surface area contributed by atoms with Crippen molar-refractivity contribution in [1.29, 1.82) is 0 Å². The summed E-state index contributed by atoms with van der Waals surface area (Å²) in [6.07, 6.45) is 6.03. The van der Waals surface area contributed by atoms with Crippen LogP contribution in [0.15, 0.2) is 34.4 Å². The summed E-state index contributed by atoms with van der Waals surface area (Å²) in [7, 11) is 0. The summed E-state index contributed by atoms with van der Waals surface area (Å²) < 4.78 is 5.51. The molecule has 0 aliphatic carbocycles. The van der Waals surface area contributed by atoms with Gasteiger partial charge in [0, 0.05) is 30.4 Å². The van der Waals surface area contributed by atoms with Gasteiger partial charge in [0.1, 0.15) is 0 Å². The lowest BCUT2D eigenvalue weighted by Gasteiger charge is -2.21. The highest BCUT2D eigenvalue weighted by Crippen LogP contribution is 2.32. The van der Waals surface area contributed by atoms with Gasteiger partial charge in [0.2, 0.25) is 5.89 Å². The van der Waals surface area contributed by atoms with E-state index in [4.69, 9.17) is 4.52 Å². The van der Waals surface area contributed by atoms with Gasteiger partial charge in [-0.3, -0.25) is 4.90 Å². The molecule has 7 heteroatoms. The fourth-order valence-electron chi connectivity index (χ4n) is 3.12. The van der Waals surface area contributed by atoms with Crippen LogP contribution in [0.2, 0.25) is 0 Å². The number of likely N-dealkylation sites (tertiary alicyclic amines) is 1. The standard InChI is InChI=1S/C18H21N5OS/c1-12(2)16-21-18(24-22-16)14-5-3-7-23(14)11-13-9-19-17(20-10-13)15-6-4-8-25-15/h4,6,8-10,12,14H,3,5,7,11H2,1-2H3/t14-/m0/s1. The van der Waals surface area contributed by atoms with E-state index in [2.05, 4.69) is 38.9 Å². The lowest BCUT2D eigenvalue weighted by molar-refractivity contribution is 0.200. The molecule has 0 unspecified atom stereocenters. The minimum Gasteiger partial charge on any atom is -0.338 e. The summed E-state index contributed by atoms with van der Waals surface area (Å²) in [5.74, 6) is 2.59. The van der Waals surface area contributed by atoms with E-state index in [9.17, 15) is 0 Å². The Balaban J connectivity index is 1.47. The maximum Gasteiger partial charge on any atom is 0.244 e. The third kappa shape index (κ3) is 3.48. The summed E-state index contributed by atoms with van der Waals surface area (Å²) in [6.45, 7) is 5.98. The van der Waals surface area contributed by atoms with Gasteiger partial charge in [-0.1, -0.05) is 25.1 Å². The second-order valence-electron chi connectivity index (χ2n) is 6.67. The number of nitrogens with zero attached hydrogens (tertiary/aromatic N) is 5. The fraction of sp³-hybridized carbons (Fsp3) is 0.444. The van der Waals surface area contributed by atoms with Crippen LogP contribution in [0.3, 0.4) is 0 Å². The molecule has 0 spiro atoms. The van der Waals surface area contributed by atoms with Crippen LogP contribution < -0.4 is 0 Å². The van der Waals surface area contributed by atoms with Gasteiger partial charge in [-0.2, -0.15) is 4.98 Å². The molecule has 1 atom stereocenters. The van der Waals surface area contributed by atoms with Gasteiger partial charge in [0.25, 0.3) is 0 Å². The molecule has 0 radical (unpaired) electrons. The van der Waals surface area contributed by atoms with Crippen molar-refractivity contribution in [3.63, 3.8) is 0 Å². The molecule has 1 fully saturated rings. The SMILES string of the molecule is CC(C)c1noc([C@@H]2CCCN2Cc2cnc(-c3cccs3)nc2)n1. The van der Waals surface area contributed by atoms with Gasteiger partial charge in [0.05, 0.1) is 10.9 Å². The number of hydrogen-bond acceptors (Lipinski definition) is 7. The molecule has 3 aromatic rings. The van der Waals surface area contributed by atoms with Crippen molar-refractivity contribution >= 4 is 11.3 Å². The van der Waals surface area contributed by atoms with E-state index >= 15 is 0 Å². The first kappa shape index (κ1) is 16.4. The topological polar surface area (TPSA) is 67.9 Å². The van der Waals surface area contributed by atoms with Crippen LogP contribution in [0, 0.1) is 0 Å². The smallest absolute Gasteiger partial charge is 0.244 e. The van der Waals surface area contributed by atoms with Crippen molar-refractivity contribution in [2.24, 2.45) is 0 Å². The maximum atomic E-state index is 5.51. The lowest BCUT2D eigenvalue weighted by Crippen LogP contribution is -2.23. The molecule has 0 aromatic carbocycles. The summed E-state index contributed by atoms with van der Waals surface area (Å²) in [6, 6.07) is 4.25. The van der Waals surface area contributed by atoms with E-state index in [1.165, 1.54) is 0 Å². The molecule has 6 nitrogen and oxygen atoms in total. The molecule has 1 aliphatic rings. The van der Waals surface area contributed by atoms with Gasteiger partial charge in [-0.25, -0.2) is 9.97 Å². The van der Waals surface area contributed by atoms with Gasteiger partial charge in [-0.15, -0.1) is 11.3 Å². The molecule has 0 N–H and O–H groups in total. The van der Waals surface area contributed by atoms with E-state index in [0.29, 0.717) is 0 Å². The molecule has 130 valence electrons. The van der Waals surface area contributed by atoms with Gasteiger partial charge < -0.3 is 4.52 Å². The highest BCUT2D eigenvalue weighted by atomic mass is 32.1. The molecule has 0 amide bonds. The highest BCUT2D eigenvalue weighted by molar-refractivity contribution is 7.13. The third-order valence-corrected chi connectivity index (χ3v) is 5.32. The Labute approximate surface area is 150 Å². The first-order valence-corrected chi connectivity index (χ1v) is 9.51. The predicted molar refractivity (Wildman–Crippen MR) is 96.1 cm³/mol. The van der Waals surface area contributed by atoms with Crippen LogP contribution in [-0.4, -0.2) is 31.6 Å². The van der Waals surface area contributed by atoms with Crippen molar-refractivity contribution < 1.29 is 4.52 Å². The molecule has 0 saturated carbocycles. The average molecular weight is 355 g/mol. The van der Waals surface area contributed by atoms with Crippen LogP contribution in [0.25, 0.3) is 10.7 Å². The lowest BCUT2D eigenvalue weighted by atomic mass is 10.2. The van der Waals surface area contributed by atoms with Crippen molar-refractivity contribution in [2.45, 2.75) is 45.2 Å². The summed E-state index contributed by atoms with van der Waals surface area (Å²) >= 11 is 1.65. The van der Waals surface area contributed by atoms with E-state index in [-0.39, 0.29) is 12.0 Å². The summed E-state index contributed by atoms with van der Waals surface area (Å²) in [5.41, 5.74) is 1.11. The molecule has 3 aromatic heterocycles. The van der Waals surface area contributed by atoms with Gasteiger partial charge in [0.15, 0.2) is 11.6 Å². The maximum absolute atomic E-state index is 5.51. The van der Waals surface area contributed by atoms with E-state index in [0.717, 1.165) is 53.9 Å². The van der Waals surface area contributed by atoms with Crippen molar-refractivity contribution in [1.82, 2.24) is 25.0 Å². The van der Waals surface area contributed by atoms with E-state index in [1.54, 1.807) is 11.3 Å². The van der Waals surface area contributed by atoms with Crippen molar-refractivity contribution in [3.05, 3.63) is 47.2 Å². The minimum absolute atomic E-state index is 0.192. The number of rotatable bonds is 5. The Hall–Kier alpha value is -2.12. The van der Waals surface area contributed by atoms with Crippen LogP contribution in [0.5, 0.6) is 0 Å². The molecule has 4 heterocycles. The number of hydrogen-bond donors (Lipinski definition) is 0. The van der Waals surface area contributed by atoms with E-state index in [1.807, 2.05) is 29.9 Å². The second-order valence-corrected chi connectivity index (χ2v) is 7.61. The monoisotopic (exact) mass is 355 g/mol. The zero-order valence-electron chi connectivity index (χ0n) is 14.4. The fourth-order valence-corrected chi connectivity index (χ4v) is 3.79. The van der Waals surface area contributed by atoms with Crippen LogP contribution in [0.4, 0.5) is 0 Å². The Morgan fingerprint density at radius 3 is 2.84 bits per heavy atom. The van der Waals surface area contributed by atoms with E-state index < -0.39 is 0 Å². The molecular formula is C18H21N5OS. The molecule has 1 saturated heterocycles. The van der Waals surface area contributed by atoms with Crippen molar-refractivity contribution in [2.75, 3.05) is 6.54 Å². The molecule has 0 bridgehead atoms.